The summed E-state index contributed by atoms with van der Waals surface area (Å²) in [5, 5.41) is 3.15. The predicted molar refractivity (Wildman–Crippen MR) is 112 cm³/mol. The van der Waals surface area contributed by atoms with Crippen molar-refractivity contribution in [3.63, 3.8) is 0 Å². The number of hydrogen-bond donors (Lipinski definition) is 2. The number of halogens is 1. The molecule has 3 N–H and O–H groups in total. The Bertz CT molecular complexity index is 576. The zero-order chi connectivity index (χ0) is 18.5. The highest BCUT2D eigenvalue weighted by atomic mass is 35.5. The van der Waals surface area contributed by atoms with Crippen molar-refractivity contribution in [1.29, 1.82) is 0 Å². The van der Waals surface area contributed by atoms with Gasteiger partial charge in [0.15, 0.2) is 0 Å². The Morgan fingerprint density at radius 1 is 1.19 bits per heavy atom. The molecule has 0 saturated heterocycles. The number of hydrogen-bond acceptors (Lipinski definition) is 3. The molecule has 0 radical (unpaired) electrons. The van der Waals surface area contributed by atoms with Crippen LogP contribution < -0.4 is 15.8 Å². The van der Waals surface area contributed by atoms with Gasteiger partial charge in [0, 0.05) is 18.5 Å². The number of fused-ring (bicyclic) bond motifs is 2. The van der Waals surface area contributed by atoms with Crippen molar-refractivity contribution in [2.24, 2.45) is 29.4 Å². The fourth-order valence-electron chi connectivity index (χ4n) is 4.49. The molecule has 0 aliphatic heterocycles. The molecule has 2 aliphatic rings. The van der Waals surface area contributed by atoms with Crippen LogP contribution >= 0.6 is 12.4 Å². The Kier molecular flexibility index (Phi) is 8.43. The highest BCUT2D eigenvalue weighted by molar-refractivity contribution is 5.85. The topological polar surface area (TPSA) is 64.3 Å². The van der Waals surface area contributed by atoms with Crippen LogP contribution in [0.2, 0.25) is 0 Å². The van der Waals surface area contributed by atoms with Crippen LogP contribution in [-0.2, 0) is 11.2 Å². The maximum atomic E-state index is 12.6. The van der Waals surface area contributed by atoms with E-state index in [4.69, 9.17) is 10.5 Å². The molecule has 3 rings (SSSR count). The molecule has 27 heavy (non-hydrogen) atoms. The molecule has 0 heterocycles. The van der Waals surface area contributed by atoms with E-state index >= 15 is 0 Å². The van der Waals surface area contributed by atoms with Crippen molar-refractivity contribution in [2.75, 3.05) is 13.2 Å². The van der Waals surface area contributed by atoms with Gasteiger partial charge in [-0.25, -0.2) is 0 Å². The van der Waals surface area contributed by atoms with Crippen LogP contribution in [0.1, 0.15) is 51.5 Å². The van der Waals surface area contributed by atoms with Crippen molar-refractivity contribution in [3.05, 3.63) is 29.8 Å². The van der Waals surface area contributed by atoms with Crippen molar-refractivity contribution in [2.45, 2.75) is 58.4 Å². The molecule has 1 aromatic rings. The van der Waals surface area contributed by atoms with E-state index in [1.807, 2.05) is 12.1 Å². The van der Waals surface area contributed by atoms with Gasteiger partial charge < -0.3 is 15.8 Å². The van der Waals surface area contributed by atoms with E-state index in [2.05, 4.69) is 31.3 Å². The maximum absolute atomic E-state index is 12.6. The van der Waals surface area contributed by atoms with Crippen LogP contribution in [-0.4, -0.2) is 25.1 Å². The van der Waals surface area contributed by atoms with E-state index in [0.29, 0.717) is 30.3 Å². The normalized spacial score (nSPS) is 27.0. The van der Waals surface area contributed by atoms with Gasteiger partial charge in [0.2, 0.25) is 5.91 Å². The van der Waals surface area contributed by atoms with Crippen LogP contribution in [0, 0.1) is 23.7 Å². The fraction of sp³-hybridized carbons (Fsp3) is 0.682. The third-order valence-electron chi connectivity index (χ3n) is 6.00. The number of carbonyl (C=O) groups excluding carboxylic acids is 1. The van der Waals surface area contributed by atoms with E-state index in [1.54, 1.807) is 0 Å². The zero-order valence-electron chi connectivity index (χ0n) is 16.7. The summed E-state index contributed by atoms with van der Waals surface area (Å²) >= 11 is 0. The third kappa shape index (κ3) is 6.11. The molecule has 1 aromatic carbocycles. The first-order valence-electron chi connectivity index (χ1n) is 10.3. The van der Waals surface area contributed by atoms with Gasteiger partial charge in [-0.2, -0.15) is 0 Å². The van der Waals surface area contributed by atoms with Gasteiger partial charge in [0.25, 0.3) is 0 Å². The van der Waals surface area contributed by atoms with Gasteiger partial charge in [-0.1, -0.05) is 32.4 Å². The first-order valence-corrected chi connectivity index (χ1v) is 10.3. The third-order valence-corrected chi connectivity index (χ3v) is 6.00. The summed E-state index contributed by atoms with van der Waals surface area (Å²) < 4.78 is 5.71. The first kappa shape index (κ1) is 22.0. The van der Waals surface area contributed by atoms with Gasteiger partial charge in [0.1, 0.15) is 5.75 Å². The van der Waals surface area contributed by atoms with Crippen LogP contribution in [0.5, 0.6) is 5.75 Å². The smallest absolute Gasteiger partial charge is 0.223 e. The lowest BCUT2D eigenvalue weighted by Crippen LogP contribution is -2.49. The molecule has 152 valence electrons. The molecule has 2 bridgehead atoms. The Balaban J connectivity index is 0.00000261. The molecule has 2 fully saturated rings. The van der Waals surface area contributed by atoms with Crippen LogP contribution in [0.4, 0.5) is 0 Å². The molecular formula is C22H35ClN2O2. The van der Waals surface area contributed by atoms with Gasteiger partial charge in [-0.15, -0.1) is 12.4 Å². The van der Waals surface area contributed by atoms with E-state index in [1.165, 1.54) is 24.8 Å². The number of amides is 1. The second kappa shape index (κ2) is 10.3. The Morgan fingerprint density at radius 2 is 1.81 bits per heavy atom. The molecule has 0 aromatic heterocycles. The first-order chi connectivity index (χ1) is 12.5. The van der Waals surface area contributed by atoms with Gasteiger partial charge in [-0.3, -0.25) is 4.79 Å². The van der Waals surface area contributed by atoms with Crippen molar-refractivity contribution in [3.8, 4) is 5.75 Å². The molecule has 4 nitrogen and oxygen atoms in total. The Hall–Kier alpha value is -1.26. The number of carbonyl (C=O) groups is 1. The molecular weight excluding hydrogens is 360 g/mol. The van der Waals surface area contributed by atoms with Crippen molar-refractivity contribution < 1.29 is 9.53 Å². The molecule has 5 heteroatoms. The average Bonchev–Trinajstić information content (AvgIpc) is 2.60. The lowest BCUT2D eigenvalue weighted by molar-refractivity contribution is -0.127. The quantitative estimate of drug-likeness (QED) is 0.735. The summed E-state index contributed by atoms with van der Waals surface area (Å²) in [7, 11) is 0. The molecule has 2 aliphatic carbocycles. The molecule has 2 saturated carbocycles. The Labute approximate surface area is 170 Å². The summed E-state index contributed by atoms with van der Waals surface area (Å²) in [6, 6.07) is 8.54. The summed E-state index contributed by atoms with van der Waals surface area (Å²) in [5.74, 6) is 2.94. The van der Waals surface area contributed by atoms with E-state index in [-0.39, 0.29) is 24.2 Å². The minimum absolute atomic E-state index is 0. The second-order valence-corrected chi connectivity index (χ2v) is 8.59. The summed E-state index contributed by atoms with van der Waals surface area (Å²) in [4.78, 5) is 12.6. The van der Waals surface area contributed by atoms with Gasteiger partial charge >= 0.3 is 0 Å². The molecule has 2 unspecified atom stereocenters. The largest absolute Gasteiger partial charge is 0.493 e. The predicted octanol–water partition coefficient (Wildman–Crippen LogP) is 3.96. The maximum Gasteiger partial charge on any atom is 0.223 e. The van der Waals surface area contributed by atoms with Gasteiger partial charge in [-0.05, 0) is 67.6 Å². The standard InChI is InChI=1S/C22H34N2O2.ClH/c1-15(2)14-26-20-8-6-16(7-9-20)10-11-24-22(25)19-12-17-4-3-5-18(13-19)21(17)23;/h6-9,15,17-19,21H,3-5,10-14,23H2,1-2H3,(H,24,25);1H. The highest BCUT2D eigenvalue weighted by Gasteiger charge is 2.40. The number of nitrogens with one attached hydrogen (secondary N) is 1. The molecule has 2 atom stereocenters. The molecule has 1 amide bonds. The van der Waals surface area contributed by atoms with E-state index in [0.717, 1.165) is 31.6 Å². The van der Waals surface area contributed by atoms with Gasteiger partial charge in [0.05, 0.1) is 6.61 Å². The van der Waals surface area contributed by atoms with E-state index < -0.39 is 0 Å². The fourth-order valence-corrected chi connectivity index (χ4v) is 4.49. The lowest BCUT2D eigenvalue weighted by atomic mass is 9.65. The average molecular weight is 395 g/mol. The summed E-state index contributed by atoms with van der Waals surface area (Å²) in [6.45, 7) is 5.72. The second-order valence-electron chi connectivity index (χ2n) is 8.59. The number of benzene rings is 1. The lowest BCUT2D eigenvalue weighted by Gasteiger charge is -2.43. The minimum Gasteiger partial charge on any atom is -0.493 e. The number of rotatable bonds is 7. The number of ether oxygens (including phenoxy) is 1. The van der Waals surface area contributed by atoms with Crippen LogP contribution in [0.15, 0.2) is 24.3 Å². The zero-order valence-corrected chi connectivity index (χ0v) is 17.5. The van der Waals surface area contributed by atoms with Crippen molar-refractivity contribution in [1.82, 2.24) is 5.32 Å². The van der Waals surface area contributed by atoms with Crippen LogP contribution in [0.3, 0.4) is 0 Å². The van der Waals surface area contributed by atoms with Crippen LogP contribution in [0.25, 0.3) is 0 Å². The molecule has 0 spiro atoms. The summed E-state index contributed by atoms with van der Waals surface area (Å²) in [6.07, 6.45) is 6.50. The monoisotopic (exact) mass is 394 g/mol. The SMILES string of the molecule is CC(C)COc1ccc(CCNC(=O)C2CC3CCCC(C2)C3N)cc1.Cl. The highest BCUT2D eigenvalue weighted by Crippen LogP contribution is 2.41. The summed E-state index contributed by atoms with van der Waals surface area (Å²) in [5.41, 5.74) is 7.56. The number of nitrogens with two attached hydrogens (primary N) is 1. The minimum atomic E-state index is 0. The van der Waals surface area contributed by atoms with E-state index in [9.17, 15) is 4.79 Å². The van der Waals surface area contributed by atoms with Crippen molar-refractivity contribution >= 4 is 18.3 Å². The Morgan fingerprint density at radius 3 is 2.41 bits per heavy atom.